The minimum Gasteiger partial charge on any atom is -0.450 e. The molecule has 0 atom stereocenters. The second-order valence-corrected chi connectivity index (χ2v) is 6.25. The van der Waals surface area contributed by atoms with Crippen molar-refractivity contribution in [2.24, 2.45) is 0 Å². The standard InChI is InChI=1S/C19H14N4O2S/c1-13-3-5-15(6-4-13)23-18(24)14(12-20)11-16-7-8-17(25-16)26-19-21-9-2-10-22-19/h2-11H,1H3,(H,23,24)/b14-11+. The molecule has 0 bridgehead atoms. The van der Waals surface area contributed by atoms with Crippen LogP contribution in [0.4, 0.5) is 5.69 Å². The Hall–Kier alpha value is -3.37. The molecular weight excluding hydrogens is 348 g/mol. The third-order valence-corrected chi connectivity index (χ3v) is 4.11. The van der Waals surface area contributed by atoms with E-state index >= 15 is 0 Å². The highest BCUT2D eigenvalue weighted by atomic mass is 32.2. The number of nitriles is 1. The number of hydrogen-bond acceptors (Lipinski definition) is 6. The lowest BCUT2D eigenvalue weighted by Crippen LogP contribution is -2.13. The first kappa shape index (κ1) is 17.5. The molecular formula is C19H14N4O2S. The molecule has 26 heavy (non-hydrogen) atoms. The molecule has 6 nitrogen and oxygen atoms in total. The highest BCUT2D eigenvalue weighted by Crippen LogP contribution is 2.27. The number of aromatic nitrogens is 2. The first-order valence-corrected chi connectivity index (χ1v) is 8.50. The van der Waals surface area contributed by atoms with Gasteiger partial charge in [0.1, 0.15) is 17.4 Å². The smallest absolute Gasteiger partial charge is 0.266 e. The van der Waals surface area contributed by atoms with Crippen molar-refractivity contribution >= 4 is 29.4 Å². The number of benzene rings is 1. The van der Waals surface area contributed by atoms with Crippen molar-refractivity contribution < 1.29 is 9.21 Å². The van der Waals surface area contributed by atoms with E-state index in [2.05, 4.69) is 15.3 Å². The Kier molecular flexibility index (Phi) is 5.46. The first-order chi connectivity index (χ1) is 12.6. The minimum absolute atomic E-state index is 0.0487. The molecule has 0 saturated carbocycles. The van der Waals surface area contributed by atoms with Crippen molar-refractivity contribution in [3.8, 4) is 6.07 Å². The molecule has 0 unspecified atom stereocenters. The summed E-state index contributed by atoms with van der Waals surface area (Å²) < 4.78 is 5.61. The Morgan fingerprint density at radius 1 is 1.19 bits per heavy atom. The van der Waals surface area contributed by atoms with E-state index in [4.69, 9.17) is 4.42 Å². The van der Waals surface area contributed by atoms with Gasteiger partial charge < -0.3 is 9.73 Å². The van der Waals surface area contributed by atoms with Gasteiger partial charge in [-0.25, -0.2) is 9.97 Å². The average Bonchev–Trinajstić information content (AvgIpc) is 3.09. The number of hydrogen-bond donors (Lipinski definition) is 1. The minimum atomic E-state index is -0.492. The van der Waals surface area contributed by atoms with Crippen LogP contribution < -0.4 is 5.32 Å². The Bertz CT molecular complexity index is 973. The zero-order valence-electron chi connectivity index (χ0n) is 13.8. The molecule has 128 valence electrons. The number of nitrogens with one attached hydrogen (secondary N) is 1. The molecule has 0 aliphatic rings. The van der Waals surface area contributed by atoms with Gasteiger partial charge in [-0.15, -0.1) is 0 Å². The lowest BCUT2D eigenvalue weighted by molar-refractivity contribution is -0.112. The van der Waals surface area contributed by atoms with Crippen LogP contribution in [0.3, 0.4) is 0 Å². The molecule has 1 aromatic carbocycles. The first-order valence-electron chi connectivity index (χ1n) is 7.68. The van der Waals surface area contributed by atoms with Crippen LogP contribution in [0.5, 0.6) is 0 Å². The van der Waals surface area contributed by atoms with Gasteiger partial charge in [0.15, 0.2) is 10.2 Å². The van der Waals surface area contributed by atoms with Crippen LogP contribution in [0.2, 0.25) is 0 Å². The van der Waals surface area contributed by atoms with Crippen LogP contribution in [0.15, 0.2) is 75.1 Å². The fourth-order valence-electron chi connectivity index (χ4n) is 2.02. The Balaban J connectivity index is 1.71. The molecule has 3 aromatic rings. The fourth-order valence-corrected chi connectivity index (χ4v) is 2.70. The van der Waals surface area contributed by atoms with Crippen LogP contribution in [0, 0.1) is 18.3 Å². The summed E-state index contributed by atoms with van der Waals surface area (Å²) in [6.07, 6.45) is 4.68. The number of furan rings is 1. The summed E-state index contributed by atoms with van der Waals surface area (Å²) in [6, 6.07) is 14.4. The number of rotatable bonds is 5. The summed E-state index contributed by atoms with van der Waals surface area (Å²) in [4.78, 5) is 20.5. The van der Waals surface area contributed by atoms with Crippen molar-refractivity contribution in [1.29, 1.82) is 5.26 Å². The molecule has 0 radical (unpaired) electrons. The quantitative estimate of drug-likeness (QED) is 0.418. The summed E-state index contributed by atoms with van der Waals surface area (Å²) in [5, 5.41) is 13.1. The van der Waals surface area contributed by atoms with Gasteiger partial charge in [0.2, 0.25) is 0 Å². The van der Waals surface area contributed by atoms with E-state index in [9.17, 15) is 10.1 Å². The second-order valence-electron chi connectivity index (χ2n) is 5.28. The summed E-state index contributed by atoms with van der Waals surface area (Å²) in [6.45, 7) is 1.96. The summed E-state index contributed by atoms with van der Waals surface area (Å²) in [7, 11) is 0. The van der Waals surface area contributed by atoms with E-state index in [-0.39, 0.29) is 5.57 Å². The van der Waals surface area contributed by atoms with E-state index in [0.29, 0.717) is 21.7 Å². The molecule has 0 saturated heterocycles. The van der Waals surface area contributed by atoms with E-state index in [1.807, 2.05) is 25.1 Å². The molecule has 7 heteroatoms. The van der Waals surface area contributed by atoms with Crippen LogP contribution in [-0.2, 0) is 4.79 Å². The predicted molar refractivity (Wildman–Crippen MR) is 98.3 cm³/mol. The lowest BCUT2D eigenvalue weighted by Gasteiger charge is -2.04. The number of anilines is 1. The van der Waals surface area contributed by atoms with E-state index in [1.165, 1.54) is 17.8 Å². The maximum absolute atomic E-state index is 12.3. The van der Waals surface area contributed by atoms with E-state index < -0.39 is 5.91 Å². The maximum atomic E-state index is 12.3. The zero-order valence-corrected chi connectivity index (χ0v) is 14.7. The predicted octanol–water partition coefficient (Wildman–Crippen LogP) is 4.07. The fraction of sp³-hybridized carbons (Fsp3) is 0.0526. The molecule has 1 amide bonds. The Morgan fingerprint density at radius 2 is 1.92 bits per heavy atom. The van der Waals surface area contributed by atoms with Crippen LogP contribution in [0.1, 0.15) is 11.3 Å². The number of aryl methyl sites for hydroxylation is 1. The third kappa shape index (κ3) is 4.59. The van der Waals surface area contributed by atoms with E-state index in [1.54, 1.807) is 42.7 Å². The molecule has 0 fully saturated rings. The van der Waals surface area contributed by atoms with E-state index in [0.717, 1.165) is 5.56 Å². The Morgan fingerprint density at radius 3 is 2.62 bits per heavy atom. The number of nitrogens with zero attached hydrogens (tertiary/aromatic N) is 3. The van der Waals surface area contributed by atoms with Crippen LogP contribution >= 0.6 is 11.8 Å². The summed E-state index contributed by atoms with van der Waals surface area (Å²) >= 11 is 1.25. The number of carbonyl (C=O) groups excluding carboxylic acids is 1. The zero-order chi connectivity index (χ0) is 18.4. The number of amides is 1. The van der Waals surface area contributed by atoms with Gasteiger partial charge in [-0.1, -0.05) is 17.7 Å². The van der Waals surface area contributed by atoms with Crippen molar-refractivity contribution in [1.82, 2.24) is 9.97 Å². The van der Waals surface area contributed by atoms with Crippen molar-refractivity contribution in [2.45, 2.75) is 17.2 Å². The largest absolute Gasteiger partial charge is 0.450 e. The summed E-state index contributed by atoms with van der Waals surface area (Å²) in [5.74, 6) is -0.0904. The topological polar surface area (TPSA) is 91.8 Å². The SMILES string of the molecule is Cc1ccc(NC(=O)/C(C#N)=C/c2ccc(Sc3ncccn3)o2)cc1. The highest BCUT2D eigenvalue weighted by Gasteiger charge is 2.11. The molecule has 3 rings (SSSR count). The van der Waals surface area contributed by atoms with Crippen LogP contribution in [0.25, 0.3) is 6.08 Å². The van der Waals surface area contributed by atoms with Gasteiger partial charge in [0.25, 0.3) is 5.91 Å². The second kappa shape index (κ2) is 8.14. The molecule has 0 aliphatic carbocycles. The number of carbonyl (C=O) groups is 1. The molecule has 2 aromatic heterocycles. The Labute approximate surface area is 154 Å². The van der Waals surface area contributed by atoms with Crippen molar-refractivity contribution in [3.63, 3.8) is 0 Å². The molecule has 1 N–H and O–H groups in total. The third-order valence-electron chi connectivity index (χ3n) is 3.30. The van der Waals surface area contributed by atoms with Gasteiger partial charge in [0.05, 0.1) is 0 Å². The molecule has 0 spiro atoms. The summed E-state index contributed by atoms with van der Waals surface area (Å²) in [5.41, 5.74) is 1.66. The van der Waals surface area contributed by atoms with Gasteiger partial charge in [-0.3, -0.25) is 4.79 Å². The van der Waals surface area contributed by atoms with Crippen molar-refractivity contribution in [3.05, 3.63) is 71.8 Å². The van der Waals surface area contributed by atoms with Gasteiger partial charge in [0, 0.05) is 24.2 Å². The van der Waals surface area contributed by atoms with Gasteiger partial charge in [-0.2, -0.15) is 5.26 Å². The molecule has 2 heterocycles. The monoisotopic (exact) mass is 362 g/mol. The lowest BCUT2D eigenvalue weighted by atomic mass is 10.2. The van der Waals surface area contributed by atoms with Gasteiger partial charge >= 0.3 is 0 Å². The van der Waals surface area contributed by atoms with Crippen LogP contribution in [-0.4, -0.2) is 15.9 Å². The highest BCUT2D eigenvalue weighted by molar-refractivity contribution is 7.99. The average molecular weight is 362 g/mol. The normalized spacial score (nSPS) is 11.0. The molecule has 0 aliphatic heterocycles. The maximum Gasteiger partial charge on any atom is 0.266 e. The van der Waals surface area contributed by atoms with Crippen molar-refractivity contribution in [2.75, 3.05) is 5.32 Å². The van der Waals surface area contributed by atoms with Gasteiger partial charge in [-0.05, 0) is 49.0 Å².